The van der Waals surface area contributed by atoms with E-state index in [0.29, 0.717) is 11.4 Å². The summed E-state index contributed by atoms with van der Waals surface area (Å²) in [5.41, 5.74) is 5.63. The lowest BCUT2D eigenvalue weighted by Crippen LogP contribution is -2.28. The van der Waals surface area contributed by atoms with Crippen molar-refractivity contribution in [3.05, 3.63) is 48.3 Å². The first-order valence-corrected chi connectivity index (χ1v) is 8.84. The molecule has 152 valence electrons. The molecule has 1 fully saturated rings. The van der Waals surface area contributed by atoms with Crippen molar-refractivity contribution in [2.45, 2.75) is 6.42 Å². The molecule has 1 unspecified atom stereocenters. The molecule has 0 aromatic heterocycles. The van der Waals surface area contributed by atoms with Crippen molar-refractivity contribution in [3.8, 4) is 11.5 Å². The number of carbonyl (C=O) groups excluding carboxylic acids is 3. The number of ether oxygens (including phenoxy) is 2. The SMILES string of the molecule is COc1ccc(NC(=O)C2CC(=O)N(c3ccccc3F)C2)cc1OCC(N)=O. The van der Waals surface area contributed by atoms with E-state index in [1.165, 1.54) is 36.3 Å². The number of carbonyl (C=O) groups is 3. The van der Waals surface area contributed by atoms with Gasteiger partial charge in [-0.3, -0.25) is 14.4 Å². The number of halogens is 1. The molecule has 3 rings (SSSR count). The van der Waals surface area contributed by atoms with Crippen molar-refractivity contribution in [1.82, 2.24) is 0 Å². The van der Waals surface area contributed by atoms with Gasteiger partial charge < -0.3 is 25.4 Å². The maximum absolute atomic E-state index is 14.0. The molecule has 0 spiro atoms. The number of nitrogens with one attached hydrogen (secondary N) is 1. The molecule has 1 aliphatic rings. The molecule has 3 N–H and O–H groups in total. The second-order valence-corrected chi connectivity index (χ2v) is 6.47. The van der Waals surface area contributed by atoms with Gasteiger partial charge in [-0.25, -0.2) is 4.39 Å². The number of methoxy groups -OCH3 is 1. The average Bonchev–Trinajstić information content (AvgIpc) is 3.08. The number of anilines is 2. The van der Waals surface area contributed by atoms with Crippen LogP contribution in [0.25, 0.3) is 0 Å². The molecule has 2 aromatic carbocycles. The highest BCUT2D eigenvalue weighted by molar-refractivity contribution is 6.03. The number of para-hydroxylation sites is 1. The Labute approximate surface area is 166 Å². The number of rotatable bonds is 7. The van der Waals surface area contributed by atoms with Crippen LogP contribution in [0.5, 0.6) is 11.5 Å². The van der Waals surface area contributed by atoms with E-state index in [-0.39, 0.29) is 42.8 Å². The third kappa shape index (κ3) is 4.63. The van der Waals surface area contributed by atoms with Crippen LogP contribution < -0.4 is 25.4 Å². The minimum atomic E-state index is -0.654. The summed E-state index contributed by atoms with van der Waals surface area (Å²) in [6.45, 7) is -0.269. The molecule has 3 amide bonds. The Bertz CT molecular complexity index is 949. The van der Waals surface area contributed by atoms with Crippen LogP contribution in [0.2, 0.25) is 0 Å². The van der Waals surface area contributed by atoms with E-state index >= 15 is 0 Å². The maximum atomic E-state index is 14.0. The minimum Gasteiger partial charge on any atom is -0.493 e. The molecule has 1 atom stereocenters. The topological polar surface area (TPSA) is 111 Å². The van der Waals surface area contributed by atoms with E-state index < -0.39 is 17.6 Å². The van der Waals surface area contributed by atoms with Crippen molar-refractivity contribution in [2.75, 3.05) is 30.5 Å². The Morgan fingerprint density at radius 1 is 1.24 bits per heavy atom. The van der Waals surface area contributed by atoms with Crippen molar-refractivity contribution in [1.29, 1.82) is 0 Å². The quantitative estimate of drug-likeness (QED) is 0.734. The van der Waals surface area contributed by atoms with E-state index in [9.17, 15) is 18.8 Å². The van der Waals surface area contributed by atoms with Crippen LogP contribution in [0.15, 0.2) is 42.5 Å². The van der Waals surface area contributed by atoms with Crippen LogP contribution in [0.1, 0.15) is 6.42 Å². The first-order chi connectivity index (χ1) is 13.9. The Hall–Kier alpha value is -3.62. The van der Waals surface area contributed by atoms with Crippen LogP contribution >= 0.6 is 0 Å². The molecule has 0 bridgehead atoms. The molecular formula is C20H20FN3O5. The van der Waals surface area contributed by atoms with E-state index in [1.807, 2.05) is 0 Å². The smallest absolute Gasteiger partial charge is 0.255 e. The van der Waals surface area contributed by atoms with Crippen molar-refractivity contribution < 1.29 is 28.2 Å². The highest BCUT2D eigenvalue weighted by Gasteiger charge is 2.36. The number of hydrogen-bond acceptors (Lipinski definition) is 5. The lowest BCUT2D eigenvalue weighted by Gasteiger charge is -2.17. The van der Waals surface area contributed by atoms with E-state index in [4.69, 9.17) is 15.2 Å². The van der Waals surface area contributed by atoms with Crippen LogP contribution in [0.4, 0.5) is 15.8 Å². The average molecular weight is 401 g/mol. The van der Waals surface area contributed by atoms with Crippen LogP contribution in [-0.2, 0) is 14.4 Å². The lowest BCUT2D eigenvalue weighted by molar-refractivity contribution is -0.122. The Balaban J connectivity index is 1.70. The number of hydrogen-bond donors (Lipinski definition) is 2. The van der Waals surface area contributed by atoms with Gasteiger partial charge in [0.25, 0.3) is 5.91 Å². The lowest BCUT2D eigenvalue weighted by atomic mass is 10.1. The monoisotopic (exact) mass is 401 g/mol. The van der Waals surface area contributed by atoms with Crippen LogP contribution in [0, 0.1) is 11.7 Å². The molecule has 1 saturated heterocycles. The standard InChI is InChI=1S/C20H20FN3O5/c1-28-16-7-6-13(9-17(16)29-11-18(22)25)23-20(27)12-8-19(26)24(10-12)15-5-3-2-4-14(15)21/h2-7,9,12H,8,10-11H2,1H3,(H2,22,25)(H,23,27). The predicted octanol–water partition coefficient (Wildman–Crippen LogP) is 1.69. The second kappa shape index (κ2) is 8.59. The molecular weight excluding hydrogens is 381 g/mol. The molecule has 29 heavy (non-hydrogen) atoms. The molecule has 1 heterocycles. The summed E-state index contributed by atoms with van der Waals surface area (Å²) in [4.78, 5) is 37.1. The van der Waals surface area contributed by atoms with E-state index in [0.717, 1.165) is 0 Å². The van der Waals surface area contributed by atoms with Gasteiger partial charge in [-0.2, -0.15) is 0 Å². The molecule has 8 nitrogen and oxygen atoms in total. The highest BCUT2D eigenvalue weighted by Crippen LogP contribution is 2.32. The summed E-state index contributed by atoms with van der Waals surface area (Å²) in [6, 6.07) is 10.6. The zero-order chi connectivity index (χ0) is 21.0. The predicted molar refractivity (Wildman–Crippen MR) is 103 cm³/mol. The first kappa shape index (κ1) is 20.1. The molecule has 1 aliphatic heterocycles. The van der Waals surface area contributed by atoms with Gasteiger partial charge >= 0.3 is 0 Å². The summed E-state index contributed by atoms with van der Waals surface area (Å²) in [7, 11) is 1.44. The Morgan fingerprint density at radius 3 is 2.69 bits per heavy atom. The summed E-state index contributed by atoms with van der Waals surface area (Å²) < 4.78 is 24.4. The van der Waals surface area contributed by atoms with Gasteiger partial charge in [0.2, 0.25) is 11.8 Å². The van der Waals surface area contributed by atoms with Crippen molar-refractivity contribution in [2.24, 2.45) is 11.7 Å². The first-order valence-electron chi connectivity index (χ1n) is 8.84. The normalized spacial score (nSPS) is 15.9. The number of benzene rings is 2. The van der Waals surface area contributed by atoms with Gasteiger partial charge in [-0.1, -0.05) is 12.1 Å². The van der Waals surface area contributed by atoms with Gasteiger partial charge in [0.1, 0.15) is 5.82 Å². The molecule has 0 saturated carbocycles. The van der Waals surface area contributed by atoms with Gasteiger partial charge in [0.15, 0.2) is 18.1 Å². The Morgan fingerprint density at radius 2 is 2.00 bits per heavy atom. The number of amides is 3. The summed E-state index contributed by atoms with van der Waals surface area (Å²) in [5, 5.41) is 2.71. The van der Waals surface area contributed by atoms with E-state index in [2.05, 4.69) is 5.32 Å². The van der Waals surface area contributed by atoms with Gasteiger partial charge in [0.05, 0.1) is 18.7 Å². The number of nitrogens with two attached hydrogens (primary N) is 1. The van der Waals surface area contributed by atoms with Crippen molar-refractivity contribution >= 4 is 29.1 Å². The third-order valence-corrected chi connectivity index (χ3v) is 4.44. The Kier molecular flexibility index (Phi) is 5.96. The fourth-order valence-corrected chi connectivity index (χ4v) is 3.05. The number of primary amides is 1. The summed E-state index contributed by atoms with van der Waals surface area (Å²) >= 11 is 0. The van der Waals surface area contributed by atoms with Gasteiger partial charge in [0, 0.05) is 24.7 Å². The molecule has 0 aliphatic carbocycles. The summed E-state index contributed by atoms with van der Waals surface area (Å²) in [5.74, 6) is -1.92. The fourth-order valence-electron chi connectivity index (χ4n) is 3.05. The number of nitrogens with zero attached hydrogens (tertiary/aromatic N) is 1. The largest absolute Gasteiger partial charge is 0.493 e. The summed E-state index contributed by atoms with van der Waals surface area (Å²) in [6.07, 6.45) is -0.0264. The zero-order valence-corrected chi connectivity index (χ0v) is 15.7. The van der Waals surface area contributed by atoms with Crippen molar-refractivity contribution in [3.63, 3.8) is 0 Å². The minimum absolute atomic E-state index is 0.0264. The molecule has 9 heteroatoms. The third-order valence-electron chi connectivity index (χ3n) is 4.44. The fraction of sp³-hybridized carbons (Fsp3) is 0.250. The molecule has 0 radical (unpaired) electrons. The zero-order valence-electron chi connectivity index (χ0n) is 15.7. The van der Waals surface area contributed by atoms with Gasteiger partial charge in [-0.15, -0.1) is 0 Å². The second-order valence-electron chi connectivity index (χ2n) is 6.47. The van der Waals surface area contributed by atoms with Crippen LogP contribution in [0.3, 0.4) is 0 Å². The molecule has 2 aromatic rings. The van der Waals surface area contributed by atoms with Crippen LogP contribution in [-0.4, -0.2) is 38.0 Å². The highest BCUT2D eigenvalue weighted by atomic mass is 19.1. The van der Waals surface area contributed by atoms with E-state index in [1.54, 1.807) is 18.2 Å². The maximum Gasteiger partial charge on any atom is 0.255 e. The van der Waals surface area contributed by atoms with Gasteiger partial charge in [-0.05, 0) is 24.3 Å².